The highest BCUT2D eigenvalue weighted by Crippen LogP contribution is 2.30. The molecule has 0 radical (unpaired) electrons. The summed E-state index contributed by atoms with van der Waals surface area (Å²) in [4.78, 5) is 11.9. The molecule has 0 aromatic carbocycles. The quantitative estimate of drug-likeness (QED) is 0.568. The first-order chi connectivity index (χ1) is 13.7. The van der Waals surface area contributed by atoms with Crippen LogP contribution in [0.4, 0.5) is 5.82 Å². The molecule has 2 fully saturated rings. The summed E-state index contributed by atoms with van der Waals surface area (Å²) >= 11 is 6.32. The molecule has 5 rings (SSSR count). The Hall–Kier alpha value is -2.53. The van der Waals surface area contributed by atoms with Crippen LogP contribution in [0.1, 0.15) is 5.69 Å². The second-order valence-electron chi connectivity index (χ2n) is 6.62. The molecule has 11 heteroatoms. The molecule has 5 heterocycles. The minimum absolute atomic E-state index is 0.243. The maximum atomic E-state index is 9.82. The summed E-state index contributed by atoms with van der Waals surface area (Å²) in [5, 5.41) is 21.2. The fraction of sp³-hybridized carbons (Fsp3) is 0.412. The summed E-state index contributed by atoms with van der Waals surface area (Å²) in [6.07, 6.45) is -0.0473. The summed E-state index contributed by atoms with van der Waals surface area (Å²) in [5.74, 6) is 0.490. The summed E-state index contributed by atoms with van der Waals surface area (Å²) in [6, 6.07) is 5.69. The first-order valence-electron chi connectivity index (χ1n) is 8.82. The Morgan fingerprint density at radius 3 is 3.04 bits per heavy atom. The molecular weight excluding hydrogens is 388 g/mol. The Morgan fingerprint density at radius 2 is 2.18 bits per heavy atom. The van der Waals surface area contributed by atoms with Crippen LogP contribution >= 0.6 is 11.6 Å². The molecule has 0 spiro atoms. The van der Waals surface area contributed by atoms with Gasteiger partial charge in [0.25, 0.3) is 6.01 Å². The summed E-state index contributed by atoms with van der Waals surface area (Å²) < 4.78 is 17.0. The van der Waals surface area contributed by atoms with Crippen LogP contribution < -0.4 is 10.1 Å². The summed E-state index contributed by atoms with van der Waals surface area (Å²) in [6.45, 7) is 0.998. The van der Waals surface area contributed by atoms with Crippen molar-refractivity contribution in [1.29, 1.82) is 0 Å². The molecular formula is C17H17ClN6O4. The summed E-state index contributed by atoms with van der Waals surface area (Å²) in [7, 11) is 0. The highest BCUT2D eigenvalue weighted by Gasteiger charge is 2.48. The minimum atomic E-state index is -0.627. The molecule has 4 atom stereocenters. The fourth-order valence-corrected chi connectivity index (χ4v) is 3.58. The third-order valence-corrected chi connectivity index (χ3v) is 5.00. The van der Waals surface area contributed by atoms with Gasteiger partial charge in [0.05, 0.1) is 36.0 Å². The number of aliphatic hydroxyl groups is 1. The van der Waals surface area contributed by atoms with Crippen LogP contribution in [0.3, 0.4) is 0 Å². The van der Waals surface area contributed by atoms with Gasteiger partial charge in [-0.25, -0.2) is 4.98 Å². The molecule has 2 saturated heterocycles. The highest BCUT2D eigenvalue weighted by atomic mass is 35.5. The molecule has 2 aliphatic rings. The number of halogens is 1. The molecule has 10 nitrogen and oxygen atoms in total. The number of imidazole rings is 1. The zero-order chi connectivity index (χ0) is 19.1. The Labute approximate surface area is 164 Å². The van der Waals surface area contributed by atoms with E-state index in [0.717, 1.165) is 5.69 Å². The number of aliphatic hydroxyl groups excluding tert-OH is 1. The zero-order valence-corrected chi connectivity index (χ0v) is 15.3. The van der Waals surface area contributed by atoms with Gasteiger partial charge in [-0.15, -0.1) is 0 Å². The third-order valence-electron chi connectivity index (χ3n) is 4.71. The molecule has 2 aliphatic heterocycles. The number of ether oxygens (including phenoxy) is 3. The van der Waals surface area contributed by atoms with Crippen molar-refractivity contribution in [2.45, 2.75) is 31.0 Å². The van der Waals surface area contributed by atoms with Crippen LogP contribution in [-0.4, -0.2) is 67.9 Å². The number of aromatic amines is 1. The standard InChI is InChI=1S/C17H17ClN6O4/c18-9-4-10-16(22-15(9)19-5-8-2-1-3-20-24-8)23-17(21-10)28-12-7-27-13-11(25)6-26-14(12)13/h1-4,11-14,25H,5-7H2,(H2,19,21,22,23)/t11-,12-,13-,14-/m1/s1. The molecule has 0 saturated carbocycles. The van der Waals surface area contributed by atoms with Crippen LogP contribution in [0, 0.1) is 0 Å². The molecule has 3 aromatic rings. The van der Waals surface area contributed by atoms with Crippen molar-refractivity contribution in [1.82, 2.24) is 25.1 Å². The van der Waals surface area contributed by atoms with E-state index in [1.807, 2.05) is 12.1 Å². The Balaban J connectivity index is 1.32. The van der Waals surface area contributed by atoms with Crippen LogP contribution in [0.5, 0.6) is 6.01 Å². The van der Waals surface area contributed by atoms with Crippen molar-refractivity contribution in [2.24, 2.45) is 0 Å². The van der Waals surface area contributed by atoms with Gasteiger partial charge < -0.3 is 29.6 Å². The van der Waals surface area contributed by atoms with Gasteiger partial charge in [0, 0.05) is 6.20 Å². The number of nitrogens with one attached hydrogen (secondary N) is 2. The molecule has 0 unspecified atom stereocenters. The lowest BCUT2D eigenvalue weighted by molar-refractivity contribution is 0.00706. The number of rotatable bonds is 5. The van der Waals surface area contributed by atoms with Crippen molar-refractivity contribution < 1.29 is 19.3 Å². The van der Waals surface area contributed by atoms with Gasteiger partial charge in [-0.05, 0) is 18.2 Å². The molecule has 146 valence electrons. The van der Waals surface area contributed by atoms with E-state index in [9.17, 15) is 5.11 Å². The van der Waals surface area contributed by atoms with Crippen LogP contribution in [0.25, 0.3) is 11.2 Å². The molecule has 28 heavy (non-hydrogen) atoms. The molecule has 0 aliphatic carbocycles. The van der Waals surface area contributed by atoms with Crippen LogP contribution in [-0.2, 0) is 16.0 Å². The number of pyridine rings is 1. The van der Waals surface area contributed by atoms with E-state index in [1.54, 1.807) is 12.3 Å². The zero-order valence-electron chi connectivity index (χ0n) is 14.6. The average molecular weight is 405 g/mol. The van der Waals surface area contributed by atoms with E-state index in [0.29, 0.717) is 41.2 Å². The maximum absolute atomic E-state index is 9.82. The van der Waals surface area contributed by atoms with E-state index >= 15 is 0 Å². The lowest BCUT2D eigenvalue weighted by Crippen LogP contribution is -2.34. The number of hydrogen-bond donors (Lipinski definition) is 3. The van der Waals surface area contributed by atoms with Crippen LogP contribution in [0.2, 0.25) is 5.02 Å². The highest BCUT2D eigenvalue weighted by molar-refractivity contribution is 6.33. The first-order valence-corrected chi connectivity index (χ1v) is 9.20. The first kappa shape index (κ1) is 17.6. The molecule has 0 bridgehead atoms. The lowest BCUT2D eigenvalue weighted by atomic mass is 10.1. The van der Waals surface area contributed by atoms with Crippen molar-refractivity contribution in [2.75, 3.05) is 18.5 Å². The largest absolute Gasteiger partial charge is 0.456 e. The second-order valence-corrected chi connectivity index (χ2v) is 7.03. The van der Waals surface area contributed by atoms with Crippen molar-refractivity contribution >= 4 is 28.6 Å². The van der Waals surface area contributed by atoms with Gasteiger partial charge in [0.15, 0.2) is 11.8 Å². The number of hydrogen-bond acceptors (Lipinski definition) is 9. The predicted octanol–water partition coefficient (Wildman–Crippen LogP) is 0.919. The number of aromatic nitrogens is 5. The smallest absolute Gasteiger partial charge is 0.296 e. The van der Waals surface area contributed by atoms with Gasteiger partial charge in [-0.1, -0.05) is 11.6 Å². The van der Waals surface area contributed by atoms with Crippen molar-refractivity contribution in [3.8, 4) is 6.01 Å². The number of fused-ring (bicyclic) bond motifs is 2. The topological polar surface area (TPSA) is 127 Å². The summed E-state index contributed by atoms with van der Waals surface area (Å²) in [5.41, 5.74) is 1.87. The van der Waals surface area contributed by atoms with Gasteiger partial charge in [0.2, 0.25) is 0 Å². The predicted molar refractivity (Wildman–Crippen MR) is 98.2 cm³/mol. The van der Waals surface area contributed by atoms with Crippen molar-refractivity contribution in [3.05, 3.63) is 35.1 Å². The molecule has 0 amide bonds. The lowest BCUT2D eigenvalue weighted by Gasteiger charge is -2.15. The van der Waals surface area contributed by atoms with Crippen LogP contribution in [0.15, 0.2) is 24.4 Å². The monoisotopic (exact) mass is 404 g/mol. The average Bonchev–Trinajstić information content (AvgIpc) is 3.38. The maximum Gasteiger partial charge on any atom is 0.296 e. The van der Waals surface area contributed by atoms with E-state index in [-0.39, 0.29) is 24.9 Å². The normalized spacial score (nSPS) is 26.5. The number of nitrogens with zero attached hydrogens (tertiary/aromatic N) is 4. The Morgan fingerprint density at radius 1 is 1.29 bits per heavy atom. The number of H-pyrrole nitrogens is 1. The van der Waals surface area contributed by atoms with Gasteiger partial charge >= 0.3 is 0 Å². The van der Waals surface area contributed by atoms with E-state index in [1.165, 1.54) is 0 Å². The number of anilines is 1. The van der Waals surface area contributed by atoms with Gasteiger partial charge in [0.1, 0.15) is 24.1 Å². The van der Waals surface area contributed by atoms with E-state index in [2.05, 4.69) is 30.5 Å². The molecule has 3 N–H and O–H groups in total. The Bertz CT molecular complexity index is 986. The second kappa shape index (κ2) is 7.13. The third kappa shape index (κ3) is 3.24. The Kier molecular flexibility index (Phi) is 4.47. The van der Waals surface area contributed by atoms with Gasteiger partial charge in [-0.2, -0.15) is 15.2 Å². The molecule has 3 aromatic heterocycles. The van der Waals surface area contributed by atoms with Gasteiger partial charge in [-0.3, -0.25) is 0 Å². The minimum Gasteiger partial charge on any atom is -0.456 e. The van der Waals surface area contributed by atoms with E-state index < -0.39 is 6.10 Å². The SMILES string of the molecule is O[C@@H]1CO[C@H]2[C@@H]1OC[C@H]2Oc1nc2nc(NCc3cccnn3)c(Cl)cc2[nH]1. The van der Waals surface area contributed by atoms with E-state index in [4.69, 9.17) is 25.8 Å². The van der Waals surface area contributed by atoms with Crippen molar-refractivity contribution in [3.63, 3.8) is 0 Å². The fourth-order valence-electron chi connectivity index (χ4n) is 3.37.